The molecule has 0 bridgehead atoms. The number of rotatable bonds is 3. The minimum atomic E-state index is -0.184. The molecule has 0 saturated heterocycles. The van der Waals surface area contributed by atoms with Crippen molar-refractivity contribution >= 4 is 0 Å². The van der Waals surface area contributed by atoms with Crippen molar-refractivity contribution in [3.8, 4) is 11.1 Å². The van der Waals surface area contributed by atoms with Crippen LogP contribution in [0.5, 0.6) is 0 Å². The summed E-state index contributed by atoms with van der Waals surface area (Å²) >= 11 is 0. The fraction of sp³-hybridized carbons (Fsp3) is 0.250. The minimum absolute atomic E-state index is 0.184. The predicted molar refractivity (Wildman–Crippen MR) is 74.0 cm³/mol. The summed E-state index contributed by atoms with van der Waals surface area (Å²) < 4.78 is 13.1. The molecule has 0 aliphatic heterocycles. The highest BCUT2D eigenvalue weighted by atomic mass is 19.1. The number of aryl methyl sites for hydroxylation is 1. The molecule has 0 spiro atoms. The Bertz CT molecular complexity index is 531. The zero-order chi connectivity index (χ0) is 13.1. The number of hydrogen-bond donors (Lipinski definition) is 1. The summed E-state index contributed by atoms with van der Waals surface area (Å²) in [6, 6.07) is 13.6. The Labute approximate surface area is 108 Å². The predicted octanol–water partition coefficient (Wildman–Crippen LogP) is 4.08. The van der Waals surface area contributed by atoms with Gasteiger partial charge >= 0.3 is 0 Å². The average Bonchev–Trinajstić information content (AvgIpc) is 2.38. The summed E-state index contributed by atoms with van der Waals surface area (Å²) in [6.45, 7) is 4.06. The van der Waals surface area contributed by atoms with E-state index in [1.807, 2.05) is 20.0 Å². The van der Waals surface area contributed by atoms with Gasteiger partial charge in [-0.3, -0.25) is 0 Å². The van der Waals surface area contributed by atoms with E-state index in [2.05, 4.69) is 36.5 Å². The van der Waals surface area contributed by atoms with Crippen molar-refractivity contribution in [2.24, 2.45) is 0 Å². The lowest BCUT2D eigenvalue weighted by atomic mass is 9.98. The van der Waals surface area contributed by atoms with Gasteiger partial charge in [-0.25, -0.2) is 4.39 Å². The van der Waals surface area contributed by atoms with Crippen LogP contribution in [0.25, 0.3) is 11.1 Å². The Balaban J connectivity index is 2.34. The van der Waals surface area contributed by atoms with Crippen LogP contribution in [0, 0.1) is 12.7 Å². The van der Waals surface area contributed by atoms with Gasteiger partial charge in [0.2, 0.25) is 0 Å². The van der Waals surface area contributed by atoms with Crippen molar-refractivity contribution in [3.05, 3.63) is 59.4 Å². The maximum atomic E-state index is 13.1. The van der Waals surface area contributed by atoms with Crippen molar-refractivity contribution in [1.82, 2.24) is 5.32 Å². The van der Waals surface area contributed by atoms with Gasteiger partial charge in [0.15, 0.2) is 0 Å². The summed E-state index contributed by atoms with van der Waals surface area (Å²) in [5, 5.41) is 3.21. The highest BCUT2D eigenvalue weighted by Gasteiger charge is 2.05. The molecule has 0 heterocycles. The van der Waals surface area contributed by atoms with Gasteiger partial charge in [-0.2, -0.15) is 0 Å². The minimum Gasteiger partial charge on any atom is -0.313 e. The second-order valence-electron chi connectivity index (χ2n) is 4.59. The van der Waals surface area contributed by atoms with Gasteiger partial charge in [0.1, 0.15) is 5.82 Å². The van der Waals surface area contributed by atoms with E-state index in [4.69, 9.17) is 0 Å². The van der Waals surface area contributed by atoms with Gasteiger partial charge in [-0.15, -0.1) is 0 Å². The molecule has 0 aromatic heterocycles. The summed E-state index contributed by atoms with van der Waals surface area (Å²) in [5.74, 6) is -0.184. The second kappa shape index (κ2) is 5.32. The lowest BCUT2D eigenvalue weighted by Gasteiger charge is -2.12. The quantitative estimate of drug-likeness (QED) is 0.856. The number of halogens is 1. The molecule has 0 aliphatic rings. The largest absolute Gasteiger partial charge is 0.313 e. The van der Waals surface area contributed by atoms with E-state index in [1.165, 1.54) is 11.6 Å². The number of benzene rings is 2. The van der Waals surface area contributed by atoms with Gasteiger partial charge in [0.05, 0.1) is 0 Å². The van der Waals surface area contributed by atoms with Crippen molar-refractivity contribution in [2.75, 3.05) is 7.05 Å². The van der Waals surface area contributed by atoms with Gasteiger partial charge in [-0.1, -0.05) is 30.3 Å². The Morgan fingerprint density at radius 3 is 2.28 bits per heavy atom. The molecule has 1 nitrogen and oxygen atoms in total. The van der Waals surface area contributed by atoms with E-state index in [0.717, 1.165) is 16.7 Å². The molecule has 2 heteroatoms. The zero-order valence-electron chi connectivity index (χ0n) is 11.0. The fourth-order valence-corrected chi connectivity index (χ4v) is 2.07. The first-order valence-corrected chi connectivity index (χ1v) is 6.15. The summed E-state index contributed by atoms with van der Waals surface area (Å²) in [4.78, 5) is 0. The van der Waals surface area contributed by atoms with E-state index in [-0.39, 0.29) is 5.82 Å². The van der Waals surface area contributed by atoms with Crippen molar-refractivity contribution < 1.29 is 4.39 Å². The molecule has 2 aromatic rings. The van der Waals surface area contributed by atoms with Crippen molar-refractivity contribution in [3.63, 3.8) is 0 Å². The summed E-state index contributed by atoms with van der Waals surface area (Å²) in [5.41, 5.74) is 4.42. The van der Waals surface area contributed by atoms with E-state index >= 15 is 0 Å². The van der Waals surface area contributed by atoms with Crippen LogP contribution < -0.4 is 5.32 Å². The van der Waals surface area contributed by atoms with E-state index in [9.17, 15) is 4.39 Å². The van der Waals surface area contributed by atoms with Crippen LogP contribution in [-0.4, -0.2) is 7.05 Å². The maximum Gasteiger partial charge on any atom is 0.123 e. The molecular weight excluding hydrogens is 225 g/mol. The van der Waals surface area contributed by atoms with Crippen LogP contribution in [0.1, 0.15) is 24.1 Å². The first-order chi connectivity index (χ1) is 8.61. The molecular formula is C16H18FN. The van der Waals surface area contributed by atoms with Gasteiger partial charge < -0.3 is 5.32 Å². The van der Waals surface area contributed by atoms with Gasteiger partial charge in [0, 0.05) is 6.04 Å². The van der Waals surface area contributed by atoms with Crippen molar-refractivity contribution in [1.29, 1.82) is 0 Å². The van der Waals surface area contributed by atoms with E-state index in [1.54, 1.807) is 6.07 Å². The van der Waals surface area contributed by atoms with Crippen LogP contribution in [0.15, 0.2) is 42.5 Å². The molecule has 1 atom stereocenters. The first-order valence-electron chi connectivity index (χ1n) is 6.15. The third-order valence-corrected chi connectivity index (χ3v) is 3.34. The van der Waals surface area contributed by atoms with Crippen LogP contribution in [-0.2, 0) is 0 Å². The Kier molecular flexibility index (Phi) is 3.78. The highest BCUT2D eigenvalue weighted by molar-refractivity contribution is 5.67. The lowest BCUT2D eigenvalue weighted by Crippen LogP contribution is -2.11. The third kappa shape index (κ3) is 2.59. The van der Waals surface area contributed by atoms with Crippen LogP contribution >= 0.6 is 0 Å². The third-order valence-electron chi connectivity index (χ3n) is 3.34. The summed E-state index contributed by atoms with van der Waals surface area (Å²) in [7, 11) is 1.95. The standard InChI is InChI=1S/C16H18FN/c1-11-10-15(17)8-9-16(11)14-6-4-13(5-7-14)12(2)18-3/h4-10,12,18H,1-3H3. The van der Waals surface area contributed by atoms with E-state index < -0.39 is 0 Å². The Morgan fingerprint density at radius 1 is 1.06 bits per heavy atom. The Morgan fingerprint density at radius 2 is 1.72 bits per heavy atom. The first kappa shape index (κ1) is 12.8. The van der Waals surface area contributed by atoms with Crippen LogP contribution in [0.3, 0.4) is 0 Å². The molecule has 1 unspecified atom stereocenters. The van der Waals surface area contributed by atoms with Gasteiger partial charge in [-0.05, 0) is 55.3 Å². The van der Waals surface area contributed by atoms with Gasteiger partial charge in [0.25, 0.3) is 0 Å². The number of hydrogen-bond acceptors (Lipinski definition) is 1. The molecule has 18 heavy (non-hydrogen) atoms. The average molecular weight is 243 g/mol. The molecule has 94 valence electrons. The molecule has 0 saturated carbocycles. The molecule has 2 rings (SSSR count). The molecule has 0 fully saturated rings. The second-order valence-corrected chi connectivity index (χ2v) is 4.59. The van der Waals surface area contributed by atoms with Crippen molar-refractivity contribution in [2.45, 2.75) is 19.9 Å². The van der Waals surface area contributed by atoms with E-state index in [0.29, 0.717) is 6.04 Å². The number of nitrogens with one attached hydrogen (secondary N) is 1. The lowest BCUT2D eigenvalue weighted by molar-refractivity contribution is 0.627. The molecule has 0 radical (unpaired) electrons. The molecule has 1 N–H and O–H groups in total. The Hall–Kier alpha value is -1.67. The SMILES string of the molecule is CNC(C)c1ccc(-c2ccc(F)cc2C)cc1. The highest BCUT2D eigenvalue weighted by Crippen LogP contribution is 2.25. The molecule has 2 aromatic carbocycles. The summed E-state index contributed by atoms with van der Waals surface area (Å²) in [6.07, 6.45) is 0. The topological polar surface area (TPSA) is 12.0 Å². The van der Waals surface area contributed by atoms with Crippen LogP contribution in [0.4, 0.5) is 4.39 Å². The zero-order valence-corrected chi connectivity index (χ0v) is 11.0. The fourth-order valence-electron chi connectivity index (χ4n) is 2.07. The normalized spacial score (nSPS) is 12.4. The molecule has 0 amide bonds. The monoisotopic (exact) mass is 243 g/mol. The van der Waals surface area contributed by atoms with Crippen LogP contribution in [0.2, 0.25) is 0 Å². The smallest absolute Gasteiger partial charge is 0.123 e. The molecule has 0 aliphatic carbocycles. The maximum absolute atomic E-state index is 13.1.